The van der Waals surface area contributed by atoms with E-state index in [1.54, 1.807) is 0 Å². The van der Waals surface area contributed by atoms with E-state index in [9.17, 15) is 9.59 Å². The van der Waals surface area contributed by atoms with Crippen LogP contribution in [-0.4, -0.2) is 29.4 Å². The maximum Gasteiger partial charge on any atom is 0.324 e. The molecule has 2 aliphatic rings. The van der Waals surface area contributed by atoms with Crippen LogP contribution >= 0.6 is 0 Å². The van der Waals surface area contributed by atoms with Crippen molar-refractivity contribution in [1.82, 2.24) is 10.2 Å². The summed E-state index contributed by atoms with van der Waals surface area (Å²) in [6.07, 6.45) is 7.71. The van der Waals surface area contributed by atoms with E-state index in [1.807, 2.05) is 4.90 Å². The molecule has 1 aliphatic carbocycles. The van der Waals surface area contributed by atoms with E-state index in [1.165, 1.54) is 25.7 Å². The van der Waals surface area contributed by atoms with Gasteiger partial charge in [0, 0.05) is 19.0 Å². The van der Waals surface area contributed by atoms with Gasteiger partial charge in [-0.05, 0) is 31.6 Å². The first-order valence-electron chi connectivity index (χ1n) is 6.81. The normalized spacial score (nSPS) is 30.3. The summed E-state index contributed by atoms with van der Waals surface area (Å²) in [5.74, 6) is 0.719. The van der Waals surface area contributed by atoms with Crippen LogP contribution in [0.15, 0.2) is 0 Å². The molecule has 0 bridgehead atoms. The molecule has 96 valence electrons. The van der Waals surface area contributed by atoms with Crippen molar-refractivity contribution in [1.29, 1.82) is 0 Å². The van der Waals surface area contributed by atoms with E-state index in [2.05, 4.69) is 12.2 Å². The highest BCUT2D eigenvalue weighted by Gasteiger charge is 2.31. The molecule has 1 heterocycles. The summed E-state index contributed by atoms with van der Waals surface area (Å²) in [6.45, 7) is 2.84. The highest BCUT2D eigenvalue weighted by atomic mass is 16.2. The van der Waals surface area contributed by atoms with Crippen molar-refractivity contribution in [3.63, 3.8) is 0 Å². The van der Waals surface area contributed by atoms with E-state index in [0.29, 0.717) is 19.0 Å². The standard InChI is InChI=1S/C13H22N2O2/c1-2-3-10-4-6-11(7-5-10)15-9-8-12(16)14-13(15)17/h10-11H,2-9H2,1H3,(H,14,16,17). The molecule has 0 atom stereocenters. The summed E-state index contributed by atoms with van der Waals surface area (Å²) >= 11 is 0. The molecule has 4 nitrogen and oxygen atoms in total. The van der Waals surface area contributed by atoms with Crippen LogP contribution in [0.2, 0.25) is 0 Å². The number of hydrogen-bond donors (Lipinski definition) is 1. The Kier molecular flexibility index (Phi) is 4.02. The molecule has 0 spiro atoms. The van der Waals surface area contributed by atoms with Crippen molar-refractivity contribution < 1.29 is 9.59 Å². The monoisotopic (exact) mass is 238 g/mol. The van der Waals surface area contributed by atoms with Crippen LogP contribution in [0.25, 0.3) is 0 Å². The van der Waals surface area contributed by atoms with Crippen LogP contribution in [-0.2, 0) is 4.79 Å². The molecule has 0 unspecified atom stereocenters. The number of rotatable bonds is 3. The Morgan fingerprint density at radius 1 is 1.24 bits per heavy atom. The van der Waals surface area contributed by atoms with Gasteiger partial charge in [0.1, 0.15) is 0 Å². The van der Waals surface area contributed by atoms with Crippen molar-refractivity contribution in [2.24, 2.45) is 5.92 Å². The number of nitrogens with zero attached hydrogens (tertiary/aromatic N) is 1. The van der Waals surface area contributed by atoms with Crippen molar-refractivity contribution in [2.75, 3.05) is 6.54 Å². The molecule has 2 rings (SSSR count). The molecule has 0 aromatic rings. The minimum atomic E-state index is -0.180. The Morgan fingerprint density at radius 3 is 2.53 bits per heavy atom. The Hall–Kier alpha value is -1.06. The topological polar surface area (TPSA) is 49.4 Å². The van der Waals surface area contributed by atoms with Crippen LogP contribution in [0.4, 0.5) is 4.79 Å². The first kappa shape index (κ1) is 12.4. The first-order chi connectivity index (χ1) is 8.20. The fraction of sp³-hybridized carbons (Fsp3) is 0.846. The van der Waals surface area contributed by atoms with Gasteiger partial charge in [0.25, 0.3) is 0 Å². The third-order valence-corrected chi connectivity index (χ3v) is 4.04. The van der Waals surface area contributed by atoms with Crippen LogP contribution in [0, 0.1) is 5.92 Å². The van der Waals surface area contributed by atoms with Gasteiger partial charge in [-0.15, -0.1) is 0 Å². The molecule has 17 heavy (non-hydrogen) atoms. The van der Waals surface area contributed by atoms with Gasteiger partial charge in [-0.3, -0.25) is 10.1 Å². The summed E-state index contributed by atoms with van der Waals surface area (Å²) in [5, 5.41) is 2.41. The molecule has 0 aromatic carbocycles. The smallest absolute Gasteiger partial charge is 0.321 e. The predicted octanol–water partition coefficient (Wildman–Crippen LogP) is 2.29. The second-order valence-electron chi connectivity index (χ2n) is 5.26. The molecular formula is C13H22N2O2. The number of carbonyl (C=O) groups is 2. The third-order valence-electron chi connectivity index (χ3n) is 4.04. The Bertz CT molecular complexity index is 296. The third kappa shape index (κ3) is 2.99. The zero-order valence-corrected chi connectivity index (χ0v) is 10.6. The number of hydrogen-bond acceptors (Lipinski definition) is 2. The summed E-state index contributed by atoms with van der Waals surface area (Å²) < 4.78 is 0. The lowest BCUT2D eigenvalue weighted by Gasteiger charge is -2.38. The van der Waals surface area contributed by atoms with Gasteiger partial charge in [-0.25, -0.2) is 4.79 Å². The van der Waals surface area contributed by atoms with Crippen LogP contribution in [0.3, 0.4) is 0 Å². The first-order valence-corrected chi connectivity index (χ1v) is 6.81. The average molecular weight is 238 g/mol. The van der Waals surface area contributed by atoms with Gasteiger partial charge in [0.15, 0.2) is 0 Å². The molecule has 0 aromatic heterocycles. The molecule has 0 radical (unpaired) electrons. The molecule has 1 saturated heterocycles. The summed E-state index contributed by atoms with van der Waals surface area (Å²) in [7, 11) is 0. The summed E-state index contributed by atoms with van der Waals surface area (Å²) in [6, 6.07) is 0.177. The largest absolute Gasteiger partial charge is 0.324 e. The SMILES string of the molecule is CCCC1CCC(N2CCC(=O)NC2=O)CC1. The molecule has 1 saturated carbocycles. The lowest BCUT2D eigenvalue weighted by molar-refractivity contribution is -0.121. The van der Waals surface area contributed by atoms with E-state index >= 15 is 0 Å². The van der Waals surface area contributed by atoms with E-state index in [4.69, 9.17) is 0 Å². The van der Waals surface area contributed by atoms with Crippen LogP contribution in [0.1, 0.15) is 51.9 Å². The summed E-state index contributed by atoms with van der Waals surface area (Å²) in [4.78, 5) is 24.7. The molecule has 2 fully saturated rings. The van der Waals surface area contributed by atoms with Crippen LogP contribution in [0.5, 0.6) is 0 Å². The molecule has 1 N–H and O–H groups in total. The van der Waals surface area contributed by atoms with E-state index in [0.717, 1.165) is 18.8 Å². The lowest BCUT2D eigenvalue weighted by atomic mass is 9.83. The van der Waals surface area contributed by atoms with Gasteiger partial charge < -0.3 is 4.90 Å². The Labute approximate surface area is 103 Å². The zero-order valence-electron chi connectivity index (χ0n) is 10.6. The maximum atomic E-state index is 11.7. The van der Waals surface area contributed by atoms with Crippen molar-refractivity contribution >= 4 is 11.9 Å². The lowest BCUT2D eigenvalue weighted by Crippen LogP contribution is -2.54. The van der Waals surface area contributed by atoms with Gasteiger partial charge in [0.05, 0.1) is 0 Å². The number of urea groups is 1. The zero-order chi connectivity index (χ0) is 12.3. The predicted molar refractivity (Wildman–Crippen MR) is 65.5 cm³/mol. The minimum Gasteiger partial charge on any atom is -0.321 e. The van der Waals surface area contributed by atoms with Gasteiger partial charge in [-0.2, -0.15) is 0 Å². The molecular weight excluding hydrogens is 216 g/mol. The highest BCUT2D eigenvalue weighted by Crippen LogP contribution is 2.30. The fourth-order valence-electron chi connectivity index (χ4n) is 3.08. The molecule has 1 aliphatic heterocycles. The minimum absolute atomic E-state index is 0.133. The van der Waals surface area contributed by atoms with Gasteiger partial charge >= 0.3 is 6.03 Å². The Morgan fingerprint density at radius 2 is 1.94 bits per heavy atom. The highest BCUT2D eigenvalue weighted by molar-refractivity contribution is 5.96. The van der Waals surface area contributed by atoms with Crippen molar-refractivity contribution in [2.45, 2.75) is 57.9 Å². The fourth-order valence-corrected chi connectivity index (χ4v) is 3.08. The molecule has 3 amide bonds. The average Bonchev–Trinajstić information content (AvgIpc) is 2.31. The van der Waals surface area contributed by atoms with Gasteiger partial charge in [0.2, 0.25) is 5.91 Å². The molecule has 4 heteroatoms. The van der Waals surface area contributed by atoms with Gasteiger partial charge in [-0.1, -0.05) is 19.8 Å². The number of amides is 3. The van der Waals surface area contributed by atoms with E-state index < -0.39 is 0 Å². The quantitative estimate of drug-likeness (QED) is 0.820. The Balaban J connectivity index is 1.84. The second-order valence-corrected chi connectivity index (χ2v) is 5.26. The maximum absolute atomic E-state index is 11.7. The second kappa shape index (κ2) is 5.52. The van der Waals surface area contributed by atoms with E-state index in [-0.39, 0.29) is 11.9 Å². The van der Waals surface area contributed by atoms with Crippen molar-refractivity contribution in [3.05, 3.63) is 0 Å². The number of nitrogens with one attached hydrogen (secondary N) is 1. The van der Waals surface area contributed by atoms with Crippen molar-refractivity contribution in [3.8, 4) is 0 Å². The number of imide groups is 1. The summed E-state index contributed by atoms with van der Waals surface area (Å²) in [5.41, 5.74) is 0. The van der Waals surface area contributed by atoms with Crippen LogP contribution < -0.4 is 5.32 Å². The number of carbonyl (C=O) groups excluding carboxylic acids is 2.